The van der Waals surface area contributed by atoms with E-state index in [0.29, 0.717) is 10.8 Å². The van der Waals surface area contributed by atoms with Gasteiger partial charge >= 0.3 is 0 Å². The highest BCUT2D eigenvalue weighted by Gasteiger charge is 2.17. The van der Waals surface area contributed by atoms with Crippen molar-refractivity contribution in [2.45, 2.75) is 13.0 Å². The Hall–Kier alpha value is -1.66. The number of fused-ring (bicyclic) bond motifs is 1. The van der Waals surface area contributed by atoms with Crippen LogP contribution in [0.3, 0.4) is 0 Å². The molecule has 2 N–H and O–H groups in total. The van der Waals surface area contributed by atoms with E-state index < -0.39 is 0 Å². The first kappa shape index (κ1) is 11.4. The molecule has 0 saturated carbocycles. The van der Waals surface area contributed by atoms with E-state index in [2.05, 4.69) is 15.6 Å². The van der Waals surface area contributed by atoms with Crippen molar-refractivity contribution in [3.63, 3.8) is 0 Å². The molecule has 0 unspecified atom stereocenters. The molecule has 1 aliphatic rings. The highest BCUT2D eigenvalue weighted by molar-refractivity contribution is 7.15. The highest BCUT2D eigenvalue weighted by Crippen LogP contribution is 2.25. The number of nitrogens with zero attached hydrogens (tertiary/aromatic N) is 2. The summed E-state index contributed by atoms with van der Waals surface area (Å²) in [6.07, 6.45) is 2.79. The number of nitrogens with one attached hydrogen (secondary N) is 2. The van der Waals surface area contributed by atoms with Crippen molar-refractivity contribution in [2.75, 3.05) is 11.9 Å². The minimum atomic E-state index is -0.110. The summed E-state index contributed by atoms with van der Waals surface area (Å²) in [7, 11) is 1.85. The summed E-state index contributed by atoms with van der Waals surface area (Å²) in [5.74, 6) is -0.110. The van der Waals surface area contributed by atoms with Gasteiger partial charge < -0.3 is 9.88 Å². The molecule has 2 aromatic rings. The average Bonchev–Trinajstić information content (AvgIpc) is 2.94. The van der Waals surface area contributed by atoms with E-state index in [1.165, 1.54) is 4.88 Å². The fourth-order valence-electron chi connectivity index (χ4n) is 2.04. The van der Waals surface area contributed by atoms with Crippen molar-refractivity contribution >= 4 is 22.4 Å². The second-order valence-electron chi connectivity index (χ2n) is 4.27. The minimum absolute atomic E-state index is 0.110. The van der Waals surface area contributed by atoms with E-state index in [1.807, 2.05) is 19.3 Å². The summed E-state index contributed by atoms with van der Waals surface area (Å²) in [4.78, 5) is 17.7. The molecule has 1 aliphatic heterocycles. The molecule has 0 saturated heterocycles. The van der Waals surface area contributed by atoms with E-state index in [4.69, 9.17) is 0 Å². The van der Waals surface area contributed by atoms with E-state index in [1.54, 1.807) is 22.0 Å². The minimum Gasteiger partial charge on any atom is -0.347 e. The van der Waals surface area contributed by atoms with Gasteiger partial charge in [0.1, 0.15) is 5.69 Å². The first-order valence-electron chi connectivity index (χ1n) is 5.86. The van der Waals surface area contributed by atoms with Crippen LogP contribution in [0.1, 0.15) is 21.1 Å². The SMILES string of the molecule is Cn1cccc1C(=O)Nc1nc2c(s1)CNCC2. The Bertz CT molecular complexity index is 563. The Morgan fingerprint density at radius 1 is 1.61 bits per heavy atom. The van der Waals surface area contributed by atoms with Crippen LogP contribution < -0.4 is 10.6 Å². The summed E-state index contributed by atoms with van der Waals surface area (Å²) in [5, 5.41) is 6.85. The molecule has 18 heavy (non-hydrogen) atoms. The number of aryl methyl sites for hydroxylation is 1. The fourth-order valence-corrected chi connectivity index (χ4v) is 3.01. The Labute approximate surface area is 109 Å². The van der Waals surface area contributed by atoms with Crippen LogP contribution in [0.5, 0.6) is 0 Å². The van der Waals surface area contributed by atoms with Gasteiger partial charge in [0.05, 0.1) is 5.69 Å². The van der Waals surface area contributed by atoms with Gasteiger partial charge in [-0.15, -0.1) is 11.3 Å². The summed E-state index contributed by atoms with van der Waals surface area (Å²) >= 11 is 1.55. The number of hydrogen-bond acceptors (Lipinski definition) is 4. The maximum absolute atomic E-state index is 12.0. The van der Waals surface area contributed by atoms with Crippen LogP contribution >= 0.6 is 11.3 Å². The summed E-state index contributed by atoms with van der Waals surface area (Å²) < 4.78 is 1.80. The van der Waals surface area contributed by atoms with Gasteiger partial charge in [-0.2, -0.15) is 0 Å². The van der Waals surface area contributed by atoms with E-state index >= 15 is 0 Å². The zero-order valence-corrected chi connectivity index (χ0v) is 10.9. The maximum Gasteiger partial charge on any atom is 0.274 e. The quantitative estimate of drug-likeness (QED) is 0.859. The molecule has 0 bridgehead atoms. The molecule has 0 spiro atoms. The number of hydrogen-bond donors (Lipinski definition) is 2. The molecule has 0 aliphatic carbocycles. The third-order valence-electron chi connectivity index (χ3n) is 3.00. The van der Waals surface area contributed by atoms with E-state index in [9.17, 15) is 4.79 Å². The smallest absolute Gasteiger partial charge is 0.274 e. The van der Waals surface area contributed by atoms with Gasteiger partial charge in [0.25, 0.3) is 5.91 Å². The van der Waals surface area contributed by atoms with Gasteiger partial charge in [0, 0.05) is 37.6 Å². The molecular weight excluding hydrogens is 248 g/mol. The van der Waals surface area contributed by atoms with Gasteiger partial charge in [-0.1, -0.05) is 0 Å². The third kappa shape index (κ3) is 2.04. The standard InChI is InChI=1S/C12H14N4OS/c1-16-6-2-3-9(16)11(17)15-12-14-8-4-5-13-7-10(8)18-12/h2-3,6,13H,4-5,7H2,1H3,(H,14,15,17). The molecular formula is C12H14N4OS. The Morgan fingerprint density at radius 3 is 3.22 bits per heavy atom. The predicted octanol–water partition coefficient (Wildman–Crippen LogP) is 1.38. The van der Waals surface area contributed by atoms with Crippen LogP contribution in [0.25, 0.3) is 0 Å². The zero-order chi connectivity index (χ0) is 12.5. The second kappa shape index (κ2) is 4.55. The third-order valence-corrected chi connectivity index (χ3v) is 4.01. The van der Waals surface area contributed by atoms with Crippen molar-refractivity contribution < 1.29 is 4.79 Å². The topological polar surface area (TPSA) is 59.0 Å². The number of amides is 1. The van der Waals surface area contributed by atoms with Gasteiger partial charge in [0.15, 0.2) is 5.13 Å². The van der Waals surface area contributed by atoms with Crippen molar-refractivity contribution in [2.24, 2.45) is 7.05 Å². The number of carbonyl (C=O) groups excluding carboxylic acids is 1. The molecule has 1 amide bonds. The number of carbonyl (C=O) groups is 1. The van der Waals surface area contributed by atoms with Crippen LogP contribution in [-0.2, 0) is 20.0 Å². The van der Waals surface area contributed by atoms with Crippen LogP contribution in [0, 0.1) is 0 Å². The Morgan fingerprint density at radius 2 is 2.50 bits per heavy atom. The van der Waals surface area contributed by atoms with Crippen molar-refractivity contribution in [1.82, 2.24) is 14.9 Å². The number of thiazole rings is 1. The Balaban J connectivity index is 1.79. The lowest BCUT2D eigenvalue weighted by atomic mass is 10.2. The lowest BCUT2D eigenvalue weighted by molar-refractivity contribution is 0.101. The van der Waals surface area contributed by atoms with Gasteiger partial charge in [-0.3, -0.25) is 10.1 Å². The van der Waals surface area contributed by atoms with Crippen LogP contribution in [0.4, 0.5) is 5.13 Å². The molecule has 94 valence electrons. The average molecular weight is 262 g/mol. The molecule has 0 fully saturated rings. The van der Waals surface area contributed by atoms with E-state index in [0.717, 1.165) is 25.2 Å². The number of aromatic nitrogens is 2. The van der Waals surface area contributed by atoms with E-state index in [-0.39, 0.29) is 5.91 Å². The molecule has 0 radical (unpaired) electrons. The molecule has 0 aromatic carbocycles. The van der Waals surface area contributed by atoms with Gasteiger partial charge in [-0.25, -0.2) is 4.98 Å². The first-order chi connectivity index (χ1) is 8.74. The van der Waals surface area contributed by atoms with Crippen LogP contribution in [-0.4, -0.2) is 22.0 Å². The maximum atomic E-state index is 12.0. The lowest BCUT2D eigenvalue weighted by Crippen LogP contribution is -2.22. The normalized spacial score (nSPS) is 14.3. The van der Waals surface area contributed by atoms with Crippen LogP contribution in [0.15, 0.2) is 18.3 Å². The number of anilines is 1. The molecule has 3 rings (SSSR count). The van der Waals surface area contributed by atoms with Gasteiger partial charge in [0.2, 0.25) is 0 Å². The molecule has 2 aromatic heterocycles. The van der Waals surface area contributed by atoms with Crippen molar-refractivity contribution in [1.29, 1.82) is 0 Å². The molecule has 6 heteroatoms. The monoisotopic (exact) mass is 262 g/mol. The summed E-state index contributed by atoms with van der Waals surface area (Å²) in [6.45, 7) is 1.81. The highest BCUT2D eigenvalue weighted by atomic mass is 32.1. The largest absolute Gasteiger partial charge is 0.347 e. The van der Waals surface area contributed by atoms with Crippen molar-refractivity contribution in [3.05, 3.63) is 34.6 Å². The molecule has 5 nitrogen and oxygen atoms in total. The molecule has 0 atom stereocenters. The predicted molar refractivity (Wildman–Crippen MR) is 70.9 cm³/mol. The van der Waals surface area contributed by atoms with Gasteiger partial charge in [-0.05, 0) is 12.1 Å². The van der Waals surface area contributed by atoms with Crippen LogP contribution in [0.2, 0.25) is 0 Å². The second-order valence-corrected chi connectivity index (χ2v) is 5.36. The fraction of sp³-hybridized carbons (Fsp3) is 0.333. The zero-order valence-electron chi connectivity index (χ0n) is 10.1. The summed E-state index contributed by atoms with van der Waals surface area (Å²) in [5.41, 5.74) is 1.75. The Kier molecular flexibility index (Phi) is 2.89. The lowest BCUT2D eigenvalue weighted by Gasteiger charge is -2.09. The first-order valence-corrected chi connectivity index (χ1v) is 6.67. The summed E-state index contributed by atoms with van der Waals surface area (Å²) in [6, 6.07) is 3.65. The number of rotatable bonds is 2. The molecule has 3 heterocycles. The van der Waals surface area contributed by atoms with Crippen molar-refractivity contribution in [3.8, 4) is 0 Å².